The van der Waals surface area contributed by atoms with Gasteiger partial charge in [0.1, 0.15) is 0 Å². The molecule has 0 fully saturated rings. The Bertz CT molecular complexity index is 126. The maximum atomic E-state index is 2.27. The molecule has 0 saturated carbocycles. The molecule has 0 N–H and O–H groups in total. The van der Waals surface area contributed by atoms with Crippen LogP contribution in [0.2, 0.25) is 0 Å². The first-order valence-electron chi connectivity index (χ1n) is 4.40. The van der Waals surface area contributed by atoms with E-state index in [1.807, 2.05) is 0 Å². The van der Waals surface area contributed by atoms with Gasteiger partial charge < -0.3 is 0 Å². The molecule has 0 unspecified atom stereocenters. The molecule has 0 rings (SSSR count). The Hall–Kier alpha value is 1.11. The number of unbranched alkanes of at least 4 members (excludes halogenated alkanes) is 2. The molecule has 0 bridgehead atoms. The molecular weight excluding hydrogens is 233 g/mol. The Balaban J connectivity index is 2.99. The summed E-state index contributed by atoms with van der Waals surface area (Å²) >= 11 is 0.314. The maximum absolute atomic E-state index is 2.27. The van der Waals surface area contributed by atoms with Crippen molar-refractivity contribution in [3.8, 4) is 0 Å². The average Bonchev–Trinajstić information content (AvgIpc) is 2.03. The van der Waals surface area contributed by atoms with Crippen LogP contribution in [0.15, 0.2) is 0 Å². The van der Waals surface area contributed by atoms with Gasteiger partial charge in [0, 0.05) is 0 Å². The van der Waals surface area contributed by atoms with Crippen molar-refractivity contribution in [2.24, 2.45) is 0 Å². The van der Waals surface area contributed by atoms with Crippen LogP contribution in [0.4, 0.5) is 0 Å². The summed E-state index contributed by atoms with van der Waals surface area (Å²) in [6.45, 7) is 4.54. The standard InChI is InChI=1S/C8H18GeS2/c1-3-5-7-10-9-11-8-6-4-2/h3-8H2,1-2H3. The van der Waals surface area contributed by atoms with Gasteiger partial charge in [0.15, 0.2) is 0 Å². The normalized spacial score (nSPS) is 9.27. The van der Waals surface area contributed by atoms with Crippen LogP contribution in [0.3, 0.4) is 0 Å². The Labute approximate surface area is 82.7 Å². The van der Waals surface area contributed by atoms with E-state index in [9.17, 15) is 0 Å². The second-order valence-electron chi connectivity index (χ2n) is 2.49. The zero-order valence-electron chi connectivity index (χ0n) is 7.56. The minimum absolute atomic E-state index is 0.314. The van der Waals surface area contributed by atoms with Crippen molar-refractivity contribution < 1.29 is 0 Å². The number of hydrogen-bond donors (Lipinski definition) is 0. The van der Waals surface area contributed by atoms with E-state index < -0.39 is 0 Å². The molecule has 0 aromatic rings. The van der Waals surface area contributed by atoms with Gasteiger partial charge in [-0.1, -0.05) is 0 Å². The second kappa shape index (κ2) is 11.1. The monoisotopic (exact) mass is 252 g/mol. The molecule has 0 saturated heterocycles. The molecule has 3 heteroatoms. The van der Waals surface area contributed by atoms with E-state index in [2.05, 4.69) is 33.3 Å². The Kier molecular flexibility index (Phi) is 12.2. The third-order valence-corrected chi connectivity index (χ3v) is 10.3. The summed E-state index contributed by atoms with van der Waals surface area (Å²) < 4.78 is 0. The molecule has 0 radical (unpaired) electrons. The van der Waals surface area contributed by atoms with Crippen LogP contribution in [0.1, 0.15) is 39.5 Å². The fraction of sp³-hybridized carbons (Fsp3) is 1.00. The first-order valence-corrected chi connectivity index (χ1v) is 11.5. The molecule has 0 heterocycles. The molecule has 0 aliphatic carbocycles. The van der Waals surface area contributed by atoms with Gasteiger partial charge in [-0.3, -0.25) is 0 Å². The van der Waals surface area contributed by atoms with E-state index in [0.717, 1.165) is 0 Å². The van der Waals surface area contributed by atoms with Gasteiger partial charge in [0.25, 0.3) is 0 Å². The topological polar surface area (TPSA) is 0 Å². The first kappa shape index (κ1) is 12.1. The van der Waals surface area contributed by atoms with E-state index in [4.69, 9.17) is 0 Å². The van der Waals surface area contributed by atoms with E-state index in [-0.39, 0.29) is 0 Å². The van der Waals surface area contributed by atoms with Crippen LogP contribution in [0, 0.1) is 0 Å². The Morgan fingerprint density at radius 3 is 2.27 bits per heavy atom. The third kappa shape index (κ3) is 11.1. The number of rotatable bonds is 5. The van der Waals surface area contributed by atoms with E-state index in [1.54, 1.807) is 0 Å². The van der Waals surface area contributed by atoms with Crippen LogP contribution < -0.4 is 0 Å². The molecular formula is C8H18GeS2. The van der Waals surface area contributed by atoms with Gasteiger partial charge in [0.05, 0.1) is 0 Å². The van der Waals surface area contributed by atoms with Crippen molar-refractivity contribution in [1.29, 1.82) is 0 Å². The molecule has 0 aromatic heterocycles. The Morgan fingerprint density at radius 1 is 1.00 bits per heavy atom. The van der Waals surface area contributed by atoms with Gasteiger partial charge >= 0.3 is 82.9 Å². The van der Waals surface area contributed by atoms with Crippen molar-refractivity contribution in [3.05, 3.63) is 0 Å². The predicted molar refractivity (Wildman–Crippen MR) is 60.5 cm³/mol. The fourth-order valence-corrected chi connectivity index (χ4v) is 8.96. The van der Waals surface area contributed by atoms with E-state index >= 15 is 0 Å². The summed E-state index contributed by atoms with van der Waals surface area (Å²) in [4.78, 5) is 0. The quantitative estimate of drug-likeness (QED) is 0.531. The SMILES string of the molecule is CCCC[S][Ge]#[S]CCCC. The zero-order chi connectivity index (χ0) is 8.36. The summed E-state index contributed by atoms with van der Waals surface area (Å²) in [5.41, 5.74) is 0. The summed E-state index contributed by atoms with van der Waals surface area (Å²) in [5, 5.41) is 0. The Morgan fingerprint density at radius 2 is 1.64 bits per heavy atom. The van der Waals surface area contributed by atoms with E-state index in [0.29, 0.717) is 12.4 Å². The molecule has 0 atom stereocenters. The zero-order valence-corrected chi connectivity index (χ0v) is 11.3. The van der Waals surface area contributed by atoms with E-state index in [1.165, 1.54) is 37.2 Å². The summed E-state index contributed by atoms with van der Waals surface area (Å²) in [6, 6.07) is 0. The van der Waals surface area contributed by atoms with Crippen LogP contribution in [-0.2, 0) is 0 Å². The average molecular weight is 251 g/mol. The minimum atomic E-state index is 0.314. The second-order valence-corrected chi connectivity index (χ2v) is 11.3. The van der Waals surface area contributed by atoms with Crippen LogP contribution in [0.25, 0.3) is 0 Å². The van der Waals surface area contributed by atoms with Crippen molar-refractivity contribution in [3.63, 3.8) is 0 Å². The third-order valence-electron chi connectivity index (χ3n) is 1.32. The fourth-order valence-electron chi connectivity index (χ4n) is 0.558. The van der Waals surface area contributed by atoms with Crippen molar-refractivity contribution >= 4 is 31.8 Å². The number of hydrogen-bond acceptors (Lipinski definition) is 1. The van der Waals surface area contributed by atoms with Crippen molar-refractivity contribution in [1.82, 2.24) is 0 Å². The van der Waals surface area contributed by atoms with Gasteiger partial charge in [-0.05, 0) is 0 Å². The summed E-state index contributed by atoms with van der Waals surface area (Å²) in [6.07, 6.45) is 5.56. The molecule has 11 heavy (non-hydrogen) atoms. The van der Waals surface area contributed by atoms with Crippen LogP contribution >= 0.6 is 19.4 Å². The van der Waals surface area contributed by atoms with Crippen LogP contribution in [0.5, 0.6) is 0 Å². The van der Waals surface area contributed by atoms with Gasteiger partial charge in [-0.2, -0.15) is 0 Å². The summed E-state index contributed by atoms with van der Waals surface area (Å²) in [5.74, 6) is 2.82. The van der Waals surface area contributed by atoms with Crippen molar-refractivity contribution in [2.45, 2.75) is 39.5 Å². The molecule has 0 nitrogen and oxygen atoms in total. The molecule has 0 amide bonds. The molecule has 0 aliphatic rings. The summed E-state index contributed by atoms with van der Waals surface area (Å²) in [7, 11) is 4.43. The molecule has 0 aliphatic heterocycles. The van der Waals surface area contributed by atoms with Gasteiger partial charge in [-0.25, -0.2) is 0 Å². The molecule has 0 spiro atoms. The molecule has 66 valence electrons. The van der Waals surface area contributed by atoms with Crippen LogP contribution in [-0.4, -0.2) is 23.9 Å². The predicted octanol–water partition coefficient (Wildman–Crippen LogP) is 3.59. The van der Waals surface area contributed by atoms with Crippen molar-refractivity contribution in [2.75, 3.05) is 11.5 Å². The van der Waals surface area contributed by atoms with Gasteiger partial charge in [0.2, 0.25) is 0 Å². The first-order chi connectivity index (χ1) is 5.41. The van der Waals surface area contributed by atoms with Gasteiger partial charge in [-0.15, -0.1) is 0 Å². The molecule has 0 aromatic carbocycles.